The van der Waals surface area contributed by atoms with Gasteiger partial charge in [0, 0.05) is 23.7 Å². The Morgan fingerprint density at radius 1 is 1.36 bits per heavy atom. The lowest BCUT2D eigenvalue weighted by Gasteiger charge is -2.47. The number of amides is 1. The standard InChI is InChI=1S/C18H25FN2O/c1-4-18(5-2)9-12(10-18)20-17(22)16-8-13-14(19)6-11(3)7-15(13)21-16/h6-7,12,16,21H,4-5,8-10H2,1-3H3,(H,20,22). The fourth-order valence-electron chi connectivity index (χ4n) is 3.93. The van der Waals surface area contributed by atoms with Crippen LogP contribution in [-0.4, -0.2) is 18.0 Å². The molecule has 1 fully saturated rings. The van der Waals surface area contributed by atoms with Gasteiger partial charge in [0.15, 0.2) is 0 Å². The summed E-state index contributed by atoms with van der Waals surface area (Å²) >= 11 is 0. The van der Waals surface area contributed by atoms with Crippen molar-refractivity contribution < 1.29 is 9.18 Å². The summed E-state index contributed by atoms with van der Waals surface area (Å²) in [6.07, 6.45) is 4.92. The molecule has 2 aliphatic rings. The predicted molar refractivity (Wildman–Crippen MR) is 86.4 cm³/mol. The summed E-state index contributed by atoms with van der Waals surface area (Å²) in [6, 6.07) is 3.38. The highest BCUT2D eigenvalue weighted by molar-refractivity contribution is 5.87. The molecule has 1 atom stereocenters. The average molecular weight is 304 g/mol. The molecule has 0 aromatic heterocycles. The second-order valence-electron chi connectivity index (χ2n) is 6.99. The third-order valence-electron chi connectivity index (χ3n) is 5.60. The Labute approximate surface area is 131 Å². The molecule has 1 aliphatic carbocycles. The first-order valence-electron chi connectivity index (χ1n) is 8.32. The number of aryl methyl sites for hydroxylation is 1. The van der Waals surface area contributed by atoms with Crippen LogP contribution in [0.5, 0.6) is 0 Å². The number of anilines is 1. The maximum Gasteiger partial charge on any atom is 0.243 e. The van der Waals surface area contributed by atoms with E-state index >= 15 is 0 Å². The van der Waals surface area contributed by atoms with Crippen LogP contribution in [0.1, 0.15) is 50.7 Å². The molecule has 1 heterocycles. The number of rotatable bonds is 4. The van der Waals surface area contributed by atoms with Gasteiger partial charge in [-0.3, -0.25) is 4.79 Å². The number of carbonyl (C=O) groups excluding carboxylic acids is 1. The minimum atomic E-state index is -0.343. The Kier molecular flexibility index (Phi) is 3.87. The lowest BCUT2D eigenvalue weighted by Crippen LogP contribution is -2.53. The van der Waals surface area contributed by atoms with E-state index in [9.17, 15) is 9.18 Å². The zero-order valence-electron chi connectivity index (χ0n) is 13.6. The molecular weight excluding hydrogens is 279 g/mol. The summed E-state index contributed by atoms with van der Waals surface area (Å²) in [5, 5.41) is 6.29. The van der Waals surface area contributed by atoms with E-state index in [1.54, 1.807) is 0 Å². The Morgan fingerprint density at radius 2 is 2.05 bits per heavy atom. The molecule has 1 unspecified atom stereocenters. The predicted octanol–water partition coefficient (Wildman–Crippen LogP) is 3.56. The third-order valence-corrected chi connectivity index (χ3v) is 5.60. The number of hydrogen-bond donors (Lipinski definition) is 2. The van der Waals surface area contributed by atoms with Crippen LogP contribution in [0, 0.1) is 18.2 Å². The van der Waals surface area contributed by atoms with E-state index in [0.29, 0.717) is 17.4 Å². The molecule has 1 saturated carbocycles. The van der Waals surface area contributed by atoms with Crippen molar-refractivity contribution in [2.45, 2.75) is 65.0 Å². The number of hydrogen-bond acceptors (Lipinski definition) is 2. The molecule has 22 heavy (non-hydrogen) atoms. The van der Waals surface area contributed by atoms with E-state index in [-0.39, 0.29) is 23.8 Å². The van der Waals surface area contributed by atoms with Gasteiger partial charge in [0.1, 0.15) is 11.9 Å². The second-order valence-corrected chi connectivity index (χ2v) is 6.99. The number of benzene rings is 1. The van der Waals surface area contributed by atoms with Crippen LogP contribution in [0.4, 0.5) is 10.1 Å². The largest absolute Gasteiger partial charge is 0.373 e. The molecule has 0 radical (unpaired) electrons. The van der Waals surface area contributed by atoms with Crippen molar-refractivity contribution in [1.82, 2.24) is 5.32 Å². The molecular formula is C18H25FN2O. The molecule has 1 amide bonds. The highest BCUT2D eigenvalue weighted by Crippen LogP contribution is 2.46. The van der Waals surface area contributed by atoms with Crippen LogP contribution in [0.25, 0.3) is 0 Å². The molecule has 120 valence electrons. The highest BCUT2D eigenvalue weighted by atomic mass is 19.1. The molecule has 3 rings (SSSR count). The first-order valence-corrected chi connectivity index (χ1v) is 8.32. The van der Waals surface area contributed by atoms with Crippen LogP contribution in [-0.2, 0) is 11.2 Å². The quantitative estimate of drug-likeness (QED) is 0.893. The molecule has 0 saturated heterocycles. The molecule has 3 nitrogen and oxygen atoms in total. The van der Waals surface area contributed by atoms with Crippen molar-refractivity contribution in [3.8, 4) is 0 Å². The van der Waals surface area contributed by atoms with Crippen molar-refractivity contribution in [2.75, 3.05) is 5.32 Å². The molecule has 1 aliphatic heterocycles. The minimum absolute atomic E-state index is 0.000871. The van der Waals surface area contributed by atoms with Crippen molar-refractivity contribution in [1.29, 1.82) is 0 Å². The molecule has 0 bridgehead atoms. The summed E-state index contributed by atoms with van der Waals surface area (Å²) < 4.78 is 13.9. The van der Waals surface area contributed by atoms with Gasteiger partial charge in [-0.1, -0.05) is 26.7 Å². The fraction of sp³-hybridized carbons (Fsp3) is 0.611. The lowest BCUT2D eigenvalue weighted by molar-refractivity contribution is -0.124. The molecule has 0 spiro atoms. The molecule has 1 aromatic carbocycles. The smallest absolute Gasteiger partial charge is 0.243 e. The maximum absolute atomic E-state index is 13.9. The number of carbonyl (C=O) groups is 1. The summed E-state index contributed by atoms with van der Waals surface area (Å²) in [6.45, 7) is 6.31. The van der Waals surface area contributed by atoms with Crippen LogP contribution >= 0.6 is 0 Å². The third kappa shape index (κ3) is 2.59. The van der Waals surface area contributed by atoms with Crippen molar-refractivity contribution >= 4 is 11.6 Å². The van der Waals surface area contributed by atoms with E-state index < -0.39 is 0 Å². The average Bonchev–Trinajstić information content (AvgIpc) is 2.86. The van der Waals surface area contributed by atoms with Crippen LogP contribution in [0.2, 0.25) is 0 Å². The van der Waals surface area contributed by atoms with Crippen molar-refractivity contribution in [2.24, 2.45) is 5.41 Å². The Morgan fingerprint density at radius 3 is 2.68 bits per heavy atom. The SMILES string of the molecule is CCC1(CC)CC(NC(=O)C2Cc3c(F)cc(C)cc3N2)C1. The van der Waals surface area contributed by atoms with Gasteiger partial charge in [0.2, 0.25) is 5.91 Å². The second kappa shape index (κ2) is 5.56. The first-order chi connectivity index (χ1) is 10.5. The maximum atomic E-state index is 13.9. The summed E-state index contributed by atoms with van der Waals surface area (Å²) in [4.78, 5) is 12.4. The minimum Gasteiger partial charge on any atom is -0.373 e. The highest BCUT2D eigenvalue weighted by Gasteiger charge is 2.42. The zero-order chi connectivity index (χ0) is 15.9. The summed E-state index contributed by atoms with van der Waals surface area (Å²) in [5.74, 6) is -0.212. The normalized spacial score (nSPS) is 22.6. The fourth-order valence-corrected chi connectivity index (χ4v) is 3.93. The lowest BCUT2D eigenvalue weighted by atomic mass is 9.62. The van der Waals surface area contributed by atoms with E-state index in [4.69, 9.17) is 0 Å². The Balaban J connectivity index is 1.59. The molecule has 1 aromatic rings. The van der Waals surface area contributed by atoms with E-state index in [1.165, 1.54) is 18.9 Å². The zero-order valence-corrected chi connectivity index (χ0v) is 13.6. The van der Waals surface area contributed by atoms with Gasteiger partial charge in [0.25, 0.3) is 0 Å². The topological polar surface area (TPSA) is 41.1 Å². The van der Waals surface area contributed by atoms with Gasteiger partial charge < -0.3 is 10.6 Å². The first kappa shape index (κ1) is 15.3. The summed E-state index contributed by atoms with van der Waals surface area (Å²) in [7, 11) is 0. The van der Waals surface area contributed by atoms with Crippen LogP contribution in [0.15, 0.2) is 12.1 Å². The van der Waals surface area contributed by atoms with E-state index in [1.807, 2.05) is 13.0 Å². The Hall–Kier alpha value is -1.58. The molecule has 4 heteroatoms. The van der Waals surface area contributed by atoms with Gasteiger partial charge in [-0.15, -0.1) is 0 Å². The van der Waals surface area contributed by atoms with Crippen LogP contribution in [0.3, 0.4) is 0 Å². The number of fused-ring (bicyclic) bond motifs is 1. The number of nitrogens with one attached hydrogen (secondary N) is 2. The van der Waals surface area contributed by atoms with Gasteiger partial charge in [-0.05, 0) is 42.9 Å². The molecule has 2 N–H and O–H groups in total. The number of halogens is 1. The van der Waals surface area contributed by atoms with Gasteiger partial charge in [0.05, 0.1) is 0 Å². The van der Waals surface area contributed by atoms with Gasteiger partial charge >= 0.3 is 0 Å². The monoisotopic (exact) mass is 304 g/mol. The van der Waals surface area contributed by atoms with E-state index in [2.05, 4.69) is 24.5 Å². The van der Waals surface area contributed by atoms with Crippen LogP contribution < -0.4 is 10.6 Å². The van der Waals surface area contributed by atoms with Gasteiger partial charge in [-0.2, -0.15) is 0 Å². The van der Waals surface area contributed by atoms with Crippen molar-refractivity contribution in [3.05, 3.63) is 29.1 Å². The van der Waals surface area contributed by atoms with Gasteiger partial charge in [-0.25, -0.2) is 4.39 Å². The summed E-state index contributed by atoms with van der Waals surface area (Å²) in [5.41, 5.74) is 2.70. The van der Waals surface area contributed by atoms with E-state index in [0.717, 1.165) is 24.1 Å². The Bertz CT molecular complexity index is 587. The van der Waals surface area contributed by atoms with Crippen molar-refractivity contribution in [3.63, 3.8) is 0 Å².